The number of nitrogens with zero attached hydrogens (tertiary/aromatic N) is 2. The highest BCUT2D eigenvalue weighted by molar-refractivity contribution is 6.39. The predicted molar refractivity (Wildman–Crippen MR) is 111 cm³/mol. The first-order valence-electron chi connectivity index (χ1n) is 9.07. The summed E-state index contributed by atoms with van der Waals surface area (Å²) in [6, 6.07) is 6.19. The van der Waals surface area contributed by atoms with Crippen LogP contribution in [0, 0.1) is 5.92 Å². The second kappa shape index (κ2) is 8.80. The van der Waals surface area contributed by atoms with E-state index in [1.54, 1.807) is 18.2 Å². The molecule has 1 aromatic heterocycles. The van der Waals surface area contributed by atoms with Crippen LogP contribution in [-0.2, 0) is 9.59 Å². The van der Waals surface area contributed by atoms with Gasteiger partial charge in [0, 0.05) is 22.8 Å². The lowest BCUT2D eigenvalue weighted by Gasteiger charge is -2.38. The van der Waals surface area contributed by atoms with Crippen molar-refractivity contribution in [2.45, 2.75) is 25.8 Å². The third-order valence-corrected chi connectivity index (χ3v) is 5.26. The van der Waals surface area contributed by atoms with E-state index in [2.05, 4.69) is 10.3 Å². The van der Waals surface area contributed by atoms with Crippen molar-refractivity contribution in [3.63, 3.8) is 0 Å². The zero-order chi connectivity index (χ0) is 21.1. The first kappa shape index (κ1) is 21.1. The third-order valence-electron chi connectivity index (χ3n) is 4.82. The van der Waals surface area contributed by atoms with Crippen LogP contribution in [0.15, 0.2) is 36.7 Å². The highest BCUT2D eigenvalue weighted by Gasteiger charge is 2.34. The molecule has 0 spiro atoms. The minimum atomic E-state index is -0.819. The standard InChI is InChI=1S/C20H20Cl2N4O3/c1-11-2-3-17(12-4-14(21)7-15(22)5-12)26(10-11)20(29)19(28)25-16-6-13(18(23)27)8-24-9-16/h4-9,11,17H,2-3,10H2,1H3,(H2,23,27)(H,25,28)/t11-,17+/m0/s1. The van der Waals surface area contributed by atoms with E-state index >= 15 is 0 Å². The lowest BCUT2D eigenvalue weighted by molar-refractivity contribution is -0.146. The van der Waals surface area contributed by atoms with E-state index in [-0.39, 0.29) is 23.2 Å². The van der Waals surface area contributed by atoms with E-state index in [0.717, 1.165) is 12.0 Å². The van der Waals surface area contributed by atoms with Crippen molar-refractivity contribution >= 4 is 46.6 Å². The number of hydrogen-bond acceptors (Lipinski definition) is 4. The minimum absolute atomic E-state index is 0.133. The predicted octanol–water partition coefficient (Wildman–Crippen LogP) is 3.43. The Hall–Kier alpha value is -2.64. The number of benzene rings is 1. The number of carbonyl (C=O) groups excluding carboxylic acids is 3. The van der Waals surface area contributed by atoms with E-state index in [0.29, 0.717) is 23.0 Å². The van der Waals surface area contributed by atoms with Crippen molar-refractivity contribution in [1.82, 2.24) is 9.88 Å². The van der Waals surface area contributed by atoms with E-state index in [1.165, 1.54) is 23.4 Å². The summed E-state index contributed by atoms with van der Waals surface area (Å²) in [4.78, 5) is 42.2. The van der Waals surface area contributed by atoms with Gasteiger partial charge in [-0.2, -0.15) is 0 Å². The number of primary amides is 1. The molecule has 3 rings (SSSR count). The smallest absolute Gasteiger partial charge is 0.313 e. The van der Waals surface area contributed by atoms with E-state index in [4.69, 9.17) is 28.9 Å². The number of halogens is 2. The normalized spacial score (nSPS) is 18.9. The molecule has 0 saturated carbocycles. The average Bonchev–Trinajstić information content (AvgIpc) is 2.66. The fraction of sp³-hybridized carbons (Fsp3) is 0.300. The van der Waals surface area contributed by atoms with Crippen molar-refractivity contribution in [2.75, 3.05) is 11.9 Å². The van der Waals surface area contributed by atoms with E-state index < -0.39 is 17.7 Å². The molecule has 29 heavy (non-hydrogen) atoms. The van der Waals surface area contributed by atoms with Gasteiger partial charge in [-0.25, -0.2) is 0 Å². The molecule has 152 valence electrons. The van der Waals surface area contributed by atoms with Crippen LogP contribution in [0.3, 0.4) is 0 Å². The Labute approximate surface area is 178 Å². The maximum Gasteiger partial charge on any atom is 0.313 e. The Morgan fingerprint density at radius 3 is 2.45 bits per heavy atom. The summed E-state index contributed by atoms with van der Waals surface area (Å²) in [5, 5.41) is 3.43. The first-order chi connectivity index (χ1) is 13.7. The number of hydrogen-bond donors (Lipinski definition) is 2. The summed E-state index contributed by atoms with van der Waals surface area (Å²) >= 11 is 12.2. The summed E-state index contributed by atoms with van der Waals surface area (Å²) < 4.78 is 0. The van der Waals surface area contributed by atoms with Crippen molar-refractivity contribution < 1.29 is 14.4 Å². The van der Waals surface area contributed by atoms with Crippen molar-refractivity contribution in [1.29, 1.82) is 0 Å². The Kier molecular flexibility index (Phi) is 6.39. The molecule has 3 amide bonds. The van der Waals surface area contributed by atoms with E-state index in [9.17, 15) is 14.4 Å². The Morgan fingerprint density at radius 1 is 1.10 bits per heavy atom. The largest absolute Gasteiger partial charge is 0.366 e. The first-order valence-corrected chi connectivity index (χ1v) is 9.83. The number of piperidine rings is 1. The van der Waals surface area contributed by atoms with Gasteiger partial charge in [0.25, 0.3) is 0 Å². The van der Waals surface area contributed by atoms with Gasteiger partial charge in [-0.15, -0.1) is 0 Å². The van der Waals surface area contributed by atoms with Gasteiger partial charge in [0.05, 0.1) is 23.5 Å². The fourth-order valence-electron chi connectivity index (χ4n) is 3.45. The number of carbonyl (C=O) groups is 3. The third kappa shape index (κ3) is 5.05. The number of likely N-dealkylation sites (tertiary alicyclic amines) is 1. The van der Waals surface area contributed by atoms with Gasteiger partial charge in [0.2, 0.25) is 5.91 Å². The highest BCUT2D eigenvalue weighted by Crippen LogP contribution is 2.35. The minimum Gasteiger partial charge on any atom is -0.366 e. The molecule has 2 atom stereocenters. The van der Waals surface area contributed by atoms with Gasteiger partial charge in [0.1, 0.15) is 0 Å². The second-order valence-corrected chi connectivity index (χ2v) is 8.01. The molecule has 3 N–H and O–H groups in total. The molecule has 2 heterocycles. The Balaban J connectivity index is 1.83. The lowest BCUT2D eigenvalue weighted by atomic mass is 9.90. The number of pyridine rings is 1. The van der Waals surface area contributed by atoms with Gasteiger partial charge in [0.15, 0.2) is 0 Å². The molecule has 1 fully saturated rings. The molecule has 1 aliphatic rings. The molecular weight excluding hydrogens is 415 g/mol. The second-order valence-electron chi connectivity index (χ2n) is 7.14. The van der Waals surface area contributed by atoms with Gasteiger partial charge < -0.3 is 16.0 Å². The van der Waals surface area contributed by atoms with Crippen LogP contribution in [0.2, 0.25) is 10.0 Å². The topological polar surface area (TPSA) is 105 Å². The molecule has 1 saturated heterocycles. The van der Waals surface area contributed by atoms with Crippen LogP contribution in [-0.4, -0.2) is 34.2 Å². The summed E-state index contributed by atoms with van der Waals surface area (Å²) in [5.41, 5.74) is 6.36. The number of amides is 3. The maximum atomic E-state index is 13.0. The van der Waals surface area contributed by atoms with Crippen molar-refractivity contribution in [2.24, 2.45) is 11.7 Å². The van der Waals surface area contributed by atoms with Crippen molar-refractivity contribution in [3.05, 3.63) is 57.8 Å². The SMILES string of the molecule is C[C@H]1CC[C@H](c2cc(Cl)cc(Cl)c2)N(C(=O)C(=O)Nc2cncc(C(N)=O)c2)C1. The molecule has 1 aromatic carbocycles. The Morgan fingerprint density at radius 2 is 1.79 bits per heavy atom. The quantitative estimate of drug-likeness (QED) is 0.721. The van der Waals surface area contributed by atoms with Gasteiger partial charge >= 0.3 is 11.8 Å². The zero-order valence-electron chi connectivity index (χ0n) is 15.7. The average molecular weight is 435 g/mol. The maximum absolute atomic E-state index is 13.0. The molecule has 2 aromatic rings. The number of anilines is 1. The van der Waals surface area contributed by atoms with Crippen LogP contribution in [0.1, 0.15) is 41.7 Å². The van der Waals surface area contributed by atoms with Crippen LogP contribution in [0.5, 0.6) is 0 Å². The summed E-state index contributed by atoms with van der Waals surface area (Å²) in [5.74, 6) is -1.93. The summed E-state index contributed by atoms with van der Waals surface area (Å²) in [6.45, 7) is 2.46. The van der Waals surface area contributed by atoms with Gasteiger partial charge in [-0.1, -0.05) is 30.1 Å². The monoisotopic (exact) mass is 434 g/mol. The van der Waals surface area contributed by atoms with Crippen molar-refractivity contribution in [3.8, 4) is 0 Å². The number of rotatable bonds is 3. The molecule has 7 nitrogen and oxygen atoms in total. The van der Waals surface area contributed by atoms with Crippen LogP contribution < -0.4 is 11.1 Å². The Bertz CT molecular complexity index is 946. The molecule has 9 heteroatoms. The molecule has 0 bridgehead atoms. The van der Waals surface area contributed by atoms with E-state index in [1.807, 2.05) is 6.92 Å². The molecule has 0 radical (unpaired) electrons. The molecule has 1 aliphatic heterocycles. The van der Waals surface area contributed by atoms with Crippen LogP contribution >= 0.6 is 23.2 Å². The van der Waals surface area contributed by atoms with Crippen LogP contribution in [0.25, 0.3) is 0 Å². The summed E-state index contributed by atoms with van der Waals surface area (Å²) in [6.07, 6.45) is 4.22. The number of nitrogens with two attached hydrogens (primary N) is 1. The number of aromatic nitrogens is 1. The fourth-order valence-corrected chi connectivity index (χ4v) is 3.99. The summed E-state index contributed by atoms with van der Waals surface area (Å²) in [7, 11) is 0. The van der Waals surface area contributed by atoms with Gasteiger partial charge in [-0.05, 0) is 48.6 Å². The molecular formula is C20H20Cl2N4O3. The van der Waals surface area contributed by atoms with Crippen LogP contribution in [0.4, 0.5) is 5.69 Å². The van der Waals surface area contributed by atoms with Gasteiger partial charge in [-0.3, -0.25) is 19.4 Å². The molecule has 0 unspecified atom stereocenters. The lowest BCUT2D eigenvalue weighted by Crippen LogP contribution is -2.46. The number of nitrogens with one attached hydrogen (secondary N) is 1. The highest BCUT2D eigenvalue weighted by atomic mass is 35.5. The zero-order valence-corrected chi connectivity index (χ0v) is 17.2. The molecule has 0 aliphatic carbocycles.